The van der Waals surface area contributed by atoms with Gasteiger partial charge in [0.25, 0.3) is 6.47 Å². The van der Waals surface area contributed by atoms with E-state index in [0.717, 1.165) is 17.1 Å². The van der Waals surface area contributed by atoms with Gasteiger partial charge in [0.05, 0.1) is 4.88 Å². The van der Waals surface area contributed by atoms with Gasteiger partial charge in [-0.1, -0.05) is 34.8 Å². The summed E-state index contributed by atoms with van der Waals surface area (Å²) in [6.07, 6.45) is 0.245. The molecule has 0 aliphatic heterocycles. The molecule has 4 rings (SSSR count). The molecule has 5 nitrogen and oxygen atoms in total. The van der Waals surface area contributed by atoms with Gasteiger partial charge in [-0.3, -0.25) is 4.79 Å². The van der Waals surface area contributed by atoms with Crippen molar-refractivity contribution in [1.82, 2.24) is 9.59 Å². The van der Waals surface area contributed by atoms with E-state index in [2.05, 4.69) is 9.59 Å². The number of carbonyl (C=O) groups is 1. The van der Waals surface area contributed by atoms with Crippen LogP contribution in [0.15, 0.2) is 42.5 Å². The van der Waals surface area contributed by atoms with Crippen molar-refractivity contribution < 1.29 is 23.0 Å². The molecule has 1 aromatic heterocycles. The van der Waals surface area contributed by atoms with Crippen LogP contribution in [0.25, 0.3) is 11.3 Å². The second-order valence-corrected chi connectivity index (χ2v) is 6.96. The minimum atomic E-state index is -0.791. The molecule has 0 amide bonds. The van der Waals surface area contributed by atoms with Crippen LogP contribution in [-0.4, -0.2) is 22.2 Å². The van der Waals surface area contributed by atoms with E-state index >= 15 is 0 Å². The van der Waals surface area contributed by atoms with Gasteiger partial charge in [0.15, 0.2) is 17.4 Å². The van der Waals surface area contributed by atoms with E-state index in [1.807, 2.05) is 30.3 Å². The molecular formula is C19H14F2N2O3S. The molecule has 1 aliphatic rings. The van der Waals surface area contributed by atoms with Crippen LogP contribution >= 0.6 is 11.5 Å². The van der Waals surface area contributed by atoms with Gasteiger partial charge >= 0.3 is 0 Å². The van der Waals surface area contributed by atoms with Crippen LogP contribution in [0, 0.1) is 11.6 Å². The number of rotatable bonds is 7. The highest BCUT2D eigenvalue weighted by atomic mass is 32.1. The van der Waals surface area contributed by atoms with Gasteiger partial charge < -0.3 is 9.47 Å². The Labute approximate surface area is 157 Å². The third-order valence-corrected chi connectivity index (χ3v) is 5.06. The minimum absolute atomic E-state index is 0.0462. The van der Waals surface area contributed by atoms with Crippen molar-refractivity contribution >= 4 is 18.0 Å². The van der Waals surface area contributed by atoms with E-state index in [-0.39, 0.29) is 18.6 Å². The van der Waals surface area contributed by atoms with Crippen molar-refractivity contribution in [3.63, 3.8) is 0 Å². The monoisotopic (exact) mass is 388 g/mol. The number of ether oxygens (including phenoxy) is 2. The number of benzene rings is 2. The van der Waals surface area contributed by atoms with Crippen molar-refractivity contribution in [1.29, 1.82) is 0 Å². The molecule has 2 atom stereocenters. The molecule has 2 aromatic carbocycles. The van der Waals surface area contributed by atoms with Gasteiger partial charge in [-0.25, -0.2) is 8.78 Å². The second-order valence-electron chi connectivity index (χ2n) is 6.13. The van der Waals surface area contributed by atoms with E-state index in [4.69, 9.17) is 9.47 Å². The molecular weight excluding hydrogens is 374 g/mol. The fourth-order valence-electron chi connectivity index (χ4n) is 2.93. The first-order valence-electron chi connectivity index (χ1n) is 8.25. The number of aromatic nitrogens is 2. The Bertz CT molecular complexity index is 942. The highest BCUT2D eigenvalue weighted by Crippen LogP contribution is 2.44. The first kappa shape index (κ1) is 17.5. The van der Waals surface area contributed by atoms with Gasteiger partial charge in [-0.2, -0.15) is 0 Å². The lowest BCUT2D eigenvalue weighted by molar-refractivity contribution is -0.129. The Hall–Kier alpha value is -2.87. The third kappa shape index (κ3) is 3.66. The molecule has 0 bridgehead atoms. The Morgan fingerprint density at radius 2 is 1.93 bits per heavy atom. The lowest BCUT2D eigenvalue weighted by Crippen LogP contribution is -2.02. The molecule has 2 unspecified atom stereocenters. The average Bonchev–Trinajstić information content (AvgIpc) is 3.28. The van der Waals surface area contributed by atoms with Crippen LogP contribution in [-0.2, 0) is 16.1 Å². The van der Waals surface area contributed by atoms with Crippen molar-refractivity contribution in [2.45, 2.75) is 25.0 Å². The van der Waals surface area contributed by atoms with Crippen molar-refractivity contribution in [2.24, 2.45) is 0 Å². The molecule has 1 saturated carbocycles. The van der Waals surface area contributed by atoms with Crippen molar-refractivity contribution in [3.05, 3.63) is 64.5 Å². The van der Waals surface area contributed by atoms with Crippen LogP contribution in [0.2, 0.25) is 0 Å². The van der Waals surface area contributed by atoms with E-state index in [0.29, 0.717) is 29.0 Å². The maximum Gasteiger partial charge on any atom is 0.293 e. The van der Waals surface area contributed by atoms with Gasteiger partial charge in [0, 0.05) is 11.5 Å². The summed E-state index contributed by atoms with van der Waals surface area (Å²) in [5.74, 6) is -2.20. The largest absolute Gasteiger partial charge is 0.482 e. The molecule has 0 spiro atoms. The maximum absolute atomic E-state index is 14.4. The first-order valence-corrected chi connectivity index (χ1v) is 9.02. The molecule has 1 fully saturated rings. The standard InChI is InChI=1S/C19H14F2N2O3S/c20-14-6-12(13-8-16(13)26-10-24)7-15(21)19(14)25-9-17-18(22-23-27-17)11-4-2-1-3-5-11/h1-7,10,13,16H,8-9H2. The Morgan fingerprint density at radius 3 is 2.63 bits per heavy atom. The minimum Gasteiger partial charge on any atom is -0.482 e. The van der Waals surface area contributed by atoms with Gasteiger partial charge in [-0.15, -0.1) is 5.10 Å². The average molecular weight is 388 g/mol. The number of hydrogen-bond donors (Lipinski definition) is 0. The molecule has 27 heavy (non-hydrogen) atoms. The number of carbonyl (C=O) groups excluding carboxylic acids is 1. The zero-order valence-electron chi connectivity index (χ0n) is 14.0. The second kappa shape index (κ2) is 7.40. The number of hydrogen-bond acceptors (Lipinski definition) is 6. The first-order chi connectivity index (χ1) is 13.2. The number of halogens is 2. The summed E-state index contributed by atoms with van der Waals surface area (Å²) in [5.41, 5.74) is 1.94. The third-order valence-electron chi connectivity index (χ3n) is 4.36. The highest BCUT2D eigenvalue weighted by molar-refractivity contribution is 7.05. The molecule has 0 saturated heterocycles. The summed E-state index contributed by atoms with van der Waals surface area (Å²) in [5, 5.41) is 4.07. The lowest BCUT2D eigenvalue weighted by Gasteiger charge is -2.10. The predicted molar refractivity (Wildman–Crippen MR) is 94.3 cm³/mol. The normalized spacial score (nSPS) is 18.1. The molecule has 8 heteroatoms. The van der Waals surface area contributed by atoms with Gasteiger partial charge in [-0.05, 0) is 35.6 Å². The van der Waals surface area contributed by atoms with Crippen molar-refractivity contribution in [2.75, 3.05) is 0 Å². The topological polar surface area (TPSA) is 61.3 Å². The zero-order valence-corrected chi connectivity index (χ0v) is 14.8. The smallest absolute Gasteiger partial charge is 0.293 e. The summed E-state index contributed by atoms with van der Waals surface area (Å²) < 4.78 is 42.8. The fourth-order valence-corrected chi connectivity index (χ4v) is 3.51. The highest BCUT2D eigenvalue weighted by Gasteiger charge is 2.41. The van der Waals surface area contributed by atoms with E-state index in [9.17, 15) is 13.6 Å². The Balaban J connectivity index is 1.50. The molecule has 138 valence electrons. The number of nitrogens with zero attached hydrogens (tertiary/aromatic N) is 2. The molecule has 0 N–H and O–H groups in total. The van der Waals surface area contributed by atoms with Gasteiger partial charge in [0.1, 0.15) is 18.4 Å². The van der Waals surface area contributed by atoms with Crippen LogP contribution in [0.4, 0.5) is 8.78 Å². The van der Waals surface area contributed by atoms with E-state index in [1.54, 1.807) is 0 Å². The fraction of sp³-hybridized carbons (Fsp3) is 0.211. The molecule has 3 aromatic rings. The SMILES string of the molecule is O=COC1CC1c1cc(F)c(OCc2snnc2-c2ccccc2)c(F)c1. The summed E-state index contributed by atoms with van der Waals surface area (Å²) >= 11 is 1.12. The Kier molecular flexibility index (Phi) is 4.81. The molecule has 0 radical (unpaired) electrons. The van der Waals surface area contributed by atoms with Crippen LogP contribution in [0.1, 0.15) is 22.8 Å². The maximum atomic E-state index is 14.4. The van der Waals surface area contributed by atoms with Crippen LogP contribution in [0.5, 0.6) is 5.75 Å². The summed E-state index contributed by atoms with van der Waals surface area (Å²) in [7, 11) is 0. The van der Waals surface area contributed by atoms with Crippen molar-refractivity contribution in [3.8, 4) is 17.0 Å². The zero-order chi connectivity index (χ0) is 18.8. The van der Waals surface area contributed by atoms with Gasteiger partial charge in [0.2, 0.25) is 0 Å². The molecule has 1 aliphatic carbocycles. The van der Waals surface area contributed by atoms with E-state index in [1.165, 1.54) is 12.1 Å². The lowest BCUT2D eigenvalue weighted by atomic mass is 10.1. The quantitative estimate of drug-likeness (QED) is 0.571. The Morgan fingerprint density at radius 1 is 1.19 bits per heavy atom. The predicted octanol–water partition coefficient (Wildman–Crippen LogP) is 4.09. The summed E-state index contributed by atoms with van der Waals surface area (Å²) in [4.78, 5) is 11.0. The molecule has 1 heterocycles. The van der Waals surface area contributed by atoms with E-state index < -0.39 is 17.4 Å². The summed E-state index contributed by atoms with van der Waals surface area (Å²) in [6.45, 7) is 0.303. The van der Waals surface area contributed by atoms with Crippen LogP contribution < -0.4 is 4.74 Å². The van der Waals surface area contributed by atoms with Crippen LogP contribution in [0.3, 0.4) is 0 Å². The summed E-state index contributed by atoms with van der Waals surface area (Å²) in [6, 6.07) is 11.8.